The first kappa shape index (κ1) is 18.7. The summed E-state index contributed by atoms with van der Waals surface area (Å²) in [7, 11) is 3.09. The molecular formula is C18H18N4O4S. The van der Waals surface area contributed by atoms with Gasteiger partial charge in [-0.3, -0.25) is 9.78 Å². The molecule has 1 amide bonds. The van der Waals surface area contributed by atoms with Crippen LogP contribution < -0.4 is 14.8 Å². The molecule has 0 bridgehead atoms. The number of carbonyl (C=O) groups excluding carboxylic acids is 1. The van der Waals surface area contributed by atoms with Gasteiger partial charge in [-0.05, 0) is 31.2 Å². The number of carbonyl (C=O) groups is 1. The first-order valence-electron chi connectivity index (χ1n) is 8.04. The van der Waals surface area contributed by atoms with Crippen molar-refractivity contribution in [3.63, 3.8) is 0 Å². The SMILES string of the molecule is COc1ccc(NC(=O)[C@@H](C)Sc2nnc(-c3ccncc3)o2)cc1OC. The van der Waals surface area contributed by atoms with Crippen LogP contribution in [0.3, 0.4) is 0 Å². The molecule has 0 radical (unpaired) electrons. The Labute approximate surface area is 160 Å². The van der Waals surface area contributed by atoms with Gasteiger partial charge in [0.2, 0.25) is 11.8 Å². The average molecular weight is 386 g/mol. The van der Waals surface area contributed by atoms with Gasteiger partial charge in [-0.15, -0.1) is 10.2 Å². The number of nitrogens with zero attached hydrogens (tertiary/aromatic N) is 3. The van der Waals surface area contributed by atoms with Crippen molar-refractivity contribution >= 4 is 23.4 Å². The maximum absolute atomic E-state index is 12.4. The molecule has 0 fully saturated rings. The summed E-state index contributed by atoms with van der Waals surface area (Å²) in [5.41, 5.74) is 1.37. The highest BCUT2D eigenvalue weighted by molar-refractivity contribution is 8.00. The second kappa shape index (κ2) is 8.54. The maximum Gasteiger partial charge on any atom is 0.277 e. The minimum atomic E-state index is -0.441. The number of thioether (sulfide) groups is 1. The summed E-state index contributed by atoms with van der Waals surface area (Å²) in [6, 6.07) is 8.71. The Kier molecular flexibility index (Phi) is 5.92. The van der Waals surface area contributed by atoms with Crippen molar-refractivity contribution in [2.24, 2.45) is 0 Å². The lowest BCUT2D eigenvalue weighted by Crippen LogP contribution is -2.22. The minimum Gasteiger partial charge on any atom is -0.493 e. The molecule has 3 rings (SSSR count). The van der Waals surface area contributed by atoms with E-state index in [2.05, 4.69) is 20.5 Å². The summed E-state index contributed by atoms with van der Waals surface area (Å²) in [5, 5.41) is 10.7. The van der Waals surface area contributed by atoms with E-state index in [1.54, 1.807) is 56.8 Å². The predicted octanol–water partition coefficient (Wildman–Crippen LogP) is 3.27. The molecule has 1 N–H and O–H groups in total. The van der Waals surface area contributed by atoms with Crippen LogP contribution in [0.25, 0.3) is 11.5 Å². The van der Waals surface area contributed by atoms with E-state index in [0.717, 1.165) is 5.56 Å². The van der Waals surface area contributed by atoms with Gasteiger partial charge in [-0.1, -0.05) is 11.8 Å². The highest BCUT2D eigenvalue weighted by Crippen LogP contribution is 2.31. The fourth-order valence-corrected chi connectivity index (χ4v) is 2.91. The number of hydrogen-bond donors (Lipinski definition) is 1. The van der Waals surface area contributed by atoms with Crippen molar-refractivity contribution in [1.82, 2.24) is 15.2 Å². The zero-order valence-corrected chi connectivity index (χ0v) is 15.8. The van der Waals surface area contributed by atoms with Crippen LogP contribution in [0.1, 0.15) is 6.92 Å². The number of amides is 1. The molecule has 9 heteroatoms. The van der Waals surface area contributed by atoms with Gasteiger partial charge in [0.1, 0.15) is 0 Å². The van der Waals surface area contributed by atoms with E-state index in [1.165, 1.54) is 18.9 Å². The van der Waals surface area contributed by atoms with E-state index in [9.17, 15) is 4.79 Å². The fraction of sp³-hybridized carbons (Fsp3) is 0.222. The Hall–Kier alpha value is -3.07. The second-order valence-corrected chi connectivity index (χ2v) is 6.72. The molecule has 2 aromatic heterocycles. The largest absolute Gasteiger partial charge is 0.493 e. The molecule has 2 heterocycles. The van der Waals surface area contributed by atoms with Crippen LogP contribution in [0.4, 0.5) is 5.69 Å². The minimum absolute atomic E-state index is 0.198. The highest BCUT2D eigenvalue weighted by atomic mass is 32.2. The molecule has 1 aromatic carbocycles. The number of ether oxygens (including phenoxy) is 2. The fourth-order valence-electron chi connectivity index (χ4n) is 2.23. The van der Waals surface area contributed by atoms with Crippen LogP contribution in [0.15, 0.2) is 52.4 Å². The molecule has 0 aliphatic rings. The van der Waals surface area contributed by atoms with Gasteiger partial charge in [-0.25, -0.2) is 0 Å². The molecule has 8 nitrogen and oxygen atoms in total. The summed E-state index contributed by atoms with van der Waals surface area (Å²) in [4.78, 5) is 16.4. The highest BCUT2D eigenvalue weighted by Gasteiger charge is 2.19. The van der Waals surface area contributed by atoms with Crippen LogP contribution in [-0.4, -0.2) is 40.6 Å². The molecule has 140 valence electrons. The average Bonchev–Trinajstić information content (AvgIpc) is 3.17. The zero-order chi connectivity index (χ0) is 19.2. The number of benzene rings is 1. The van der Waals surface area contributed by atoms with E-state index in [1.807, 2.05) is 0 Å². The Morgan fingerprint density at radius 1 is 1.11 bits per heavy atom. The smallest absolute Gasteiger partial charge is 0.277 e. The van der Waals surface area contributed by atoms with Gasteiger partial charge in [0.25, 0.3) is 5.22 Å². The van der Waals surface area contributed by atoms with E-state index in [0.29, 0.717) is 28.3 Å². The van der Waals surface area contributed by atoms with Crippen molar-refractivity contribution in [3.8, 4) is 23.0 Å². The van der Waals surface area contributed by atoms with Gasteiger partial charge in [0.15, 0.2) is 11.5 Å². The third kappa shape index (κ3) is 4.56. The molecule has 27 heavy (non-hydrogen) atoms. The third-order valence-electron chi connectivity index (χ3n) is 3.63. The predicted molar refractivity (Wildman–Crippen MR) is 101 cm³/mol. The molecule has 0 saturated heterocycles. The van der Waals surface area contributed by atoms with Crippen molar-refractivity contribution in [2.45, 2.75) is 17.4 Å². The molecule has 1 atom stereocenters. The lowest BCUT2D eigenvalue weighted by atomic mass is 10.2. The van der Waals surface area contributed by atoms with Crippen molar-refractivity contribution in [2.75, 3.05) is 19.5 Å². The lowest BCUT2D eigenvalue weighted by molar-refractivity contribution is -0.115. The maximum atomic E-state index is 12.4. The number of hydrogen-bond acceptors (Lipinski definition) is 8. The summed E-state index contributed by atoms with van der Waals surface area (Å²) >= 11 is 1.18. The summed E-state index contributed by atoms with van der Waals surface area (Å²) < 4.78 is 16.0. The molecule has 0 aliphatic heterocycles. The lowest BCUT2D eigenvalue weighted by Gasteiger charge is -2.12. The number of nitrogens with one attached hydrogen (secondary N) is 1. The number of methoxy groups -OCH3 is 2. The number of rotatable bonds is 7. The Morgan fingerprint density at radius 3 is 2.56 bits per heavy atom. The van der Waals surface area contributed by atoms with Crippen molar-refractivity contribution in [1.29, 1.82) is 0 Å². The van der Waals surface area contributed by atoms with Gasteiger partial charge < -0.3 is 19.2 Å². The number of aromatic nitrogens is 3. The number of pyridine rings is 1. The Balaban J connectivity index is 1.64. The van der Waals surface area contributed by atoms with Crippen LogP contribution >= 0.6 is 11.8 Å². The Bertz CT molecular complexity index is 917. The van der Waals surface area contributed by atoms with E-state index in [-0.39, 0.29) is 5.91 Å². The molecule has 0 unspecified atom stereocenters. The van der Waals surface area contributed by atoms with Gasteiger partial charge in [0, 0.05) is 29.7 Å². The van der Waals surface area contributed by atoms with Crippen LogP contribution in [-0.2, 0) is 4.79 Å². The normalized spacial score (nSPS) is 11.7. The molecule has 0 spiro atoms. The quantitative estimate of drug-likeness (QED) is 0.618. The van der Waals surface area contributed by atoms with Gasteiger partial charge in [0.05, 0.1) is 19.5 Å². The monoisotopic (exact) mass is 386 g/mol. The van der Waals surface area contributed by atoms with Crippen molar-refractivity contribution < 1.29 is 18.7 Å². The van der Waals surface area contributed by atoms with E-state index in [4.69, 9.17) is 13.9 Å². The van der Waals surface area contributed by atoms with Gasteiger partial charge >= 0.3 is 0 Å². The topological polar surface area (TPSA) is 99.4 Å². The standard InChI is InChI=1S/C18H18N4O4S/c1-11(16(23)20-13-4-5-14(24-2)15(10-13)25-3)27-18-22-21-17(26-18)12-6-8-19-9-7-12/h4-11H,1-3H3,(H,20,23)/t11-/m1/s1. The van der Waals surface area contributed by atoms with Crippen molar-refractivity contribution in [3.05, 3.63) is 42.7 Å². The third-order valence-corrected chi connectivity index (χ3v) is 4.57. The molecule has 0 aliphatic carbocycles. The first-order chi connectivity index (χ1) is 13.1. The molecule has 3 aromatic rings. The molecule has 0 saturated carbocycles. The summed E-state index contributed by atoms with van der Waals surface area (Å²) in [6.07, 6.45) is 3.29. The van der Waals surface area contributed by atoms with Crippen LogP contribution in [0.5, 0.6) is 11.5 Å². The zero-order valence-electron chi connectivity index (χ0n) is 15.0. The molecular weight excluding hydrogens is 368 g/mol. The number of anilines is 1. The van der Waals surface area contributed by atoms with Crippen LogP contribution in [0.2, 0.25) is 0 Å². The Morgan fingerprint density at radius 2 is 1.85 bits per heavy atom. The summed E-state index contributed by atoms with van der Waals surface area (Å²) in [6.45, 7) is 1.76. The first-order valence-corrected chi connectivity index (χ1v) is 8.92. The van der Waals surface area contributed by atoms with Crippen LogP contribution in [0, 0.1) is 0 Å². The second-order valence-electron chi connectivity index (χ2n) is 5.43. The summed E-state index contributed by atoms with van der Waals surface area (Å²) in [5.74, 6) is 1.31. The van der Waals surface area contributed by atoms with E-state index >= 15 is 0 Å². The van der Waals surface area contributed by atoms with Gasteiger partial charge in [-0.2, -0.15) is 0 Å². The van der Waals surface area contributed by atoms with E-state index < -0.39 is 5.25 Å².